The van der Waals surface area contributed by atoms with E-state index >= 15 is 0 Å². The van der Waals surface area contributed by atoms with E-state index < -0.39 is 0 Å². The number of halogens is 1. The fourth-order valence-corrected chi connectivity index (χ4v) is 3.92. The second-order valence-electron chi connectivity index (χ2n) is 6.71. The van der Waals surface area contributed by atoms with Gasteiger partial charge in [0.1, 0.15) is 28.3 Å². The molecule has 0 aliphatic carbocycles. The van der Waals surface area contributed by atoms with Gasteiger partial charge in [-0.3, -0.25) is 14.2 Å². The molecule has 4 aromatic rings. The predicted molar refractivity (Wildman–Crippen MR) is 112 cm³/mol. The van der Waals surface area contributed by atoms with E-state index in [1.165, 1.54) is 23.0 Å². The molecule has 8 heteroatoms. The number of benzene rings is 2. The Bertz CT molecular complexity index is 1260. The molecule has 0 spiro atoms. The summed E-state index contributed by atoms with van der Waals surface area (Å²) in [6.07, 6.45) is 1.34. The topological polar surface area (TPSA) is 76.9 Å². The third-order valence-corrected chi connectivity index (χ3v) is 5.45. The lowest BCUT2D eigenvalue weighted by molar-refractivity contribution is -0.116. The zero-order valence-electron chi connectivity index (χ0n) is 15.8. The molecule has 1 amide bonds. The normalized spacial score (nSPS) is 11.0. The number of anilines is 1. The first-order chi connectivity index (χ1) is 13.9. The van der Waals surface area contributed by atoms with Gasteiger partial charge in [0.15, 0.2) is 0 Å². The van der Waals surface area contributed by atoms with Crippen molar-refractivity contribution in [3.05, 3.63) is 76.1 Å². The number of aryl methyl sites for hydroxylation is 2. The average Bonchev–Trinajstić information content (AvgIpc) is 3.12. The van der Waals surface area contributed by atoms with E-state index in [1.54, 1.807) is 12.1 Å². The van der Waals surface area contributed by atoms with E-state index in [2.05, 4.69) is 14.7 Å². The molecule has 0 saturated heterocycles. The summed E-state index contributed by atoms with van der Waals surface area (Å²) in [6.45, 7) is 3.67. The maximum atomic E-state index is 13.2. The molecule has 29 heavy (non-hydrogen) atoms. The van der Waals surface area contributed by atoms with Crippen LogP contribution in [0.3, 0.4) is 0 Å². The summed E-state index contributed by atoms with van der Waals surface area (Å²) in [5.74, 6) is -0.660. The Morgan fingerprint density at radius 2 is 1.83 bits per heavy atom. The number of nitrogens with one attached hydrogen (secondary N) is 1. The third-order valence-electron chi connectivity index (χ3n) is 4.63. The van der Waals surface area contributed by atoms with E-state index in [-0.39, 0.29) is 23.8 Å². The minimum Gasteiger partial charge on any atom is -0.324 e. The molecule has 0 aliphatic heterocycles. The van der Waals surface area contributed by atoms with Crippen molar-refractivity contribution in [2.75, 3.05) is 5.32 Å². The maximum Gasteiger partial charge on any atom is 0.273 e. The Hall–Kier alpha value is -3.39. The van der Waals surface area contributed by atoms with Crippen LogP contribution in [0.15, 0.2) is 53.6 Å². The fraction of sp³-hybridized carbons (Fsp3) is 0.143. The number of para-hydroxylation sites is 1. The molecular weight excluding hydrogens is 391 g/mol. The number of fused-ring (bicyclic) bond motifs is 1. The molecule has 1 N–H and O–H groups in total. The molecule has 0 bridgehead atoms. The van der Waals surface area contributed by atoms with Gasteiger partial charge in [-0.15, -0.1) is 0 Å². The number of hydrogen-bond donors (Lipinski definition) is 1. The first kappa shape index (κ1) is 18.9. The second kappa shape index (κ2) is 7.56. The van der Waals surface area contributed by atoms with Gasteiger partial charge in [-0.05, 0) is 60.8 Å². The first-order valence-electron chi connectivity index (χ1n) is 8.91. The Kier molecular flexibility index (Phi) is 4.94. The van der Waals surface area contributed by atoms with Gasteiger partial charge in [0, 0.05) is 11.3 Å². The monoisotopic (exact) mass is 408 g/mol. The van der Waals surface area contributed by atoms with E-state index in [0.717, 1.165) is 28.3 Å². The van der Waals surface area contributed by atoms with Gasteiger partial charge in [-0.1, -0.05) is 18.2 Å². The van der Waals surface area contributed by atoms with Gasteiger partial charge in [0.25, 0.3) is 5.56 Å². The number of nitrogens with zero attached hydrogens (tertiary/aromatic N) is 3. The molecular formula is C21H17FN4O2S. The number of carbonyl (C=O) groups excluding carboxylic acids is 1. The van der Waals surface area contributed by atoms with Crippen LogP contribution in [0.5, 0.6) is 0 Å². The van der Waals surface area contributed by atoms with Crippen LogP contribution >= 0.6 is 11.5 Å². The van der Waals surface area contributed by atoms with Crippen LogP contribution in [0.2, 0.25) is 0 Å². The van der Waals surface area contributed by atoms with Crippen molar-refractivity contribution >= 4 is 33.3 Å². The van der Waals surface area contributed by atoms with Crippen LogP contribution in [0.4, 0.5) is 10.1 Å². The lowest BCUT2D eigenvalue weighted by Crippen LogP contribution is -2.27. The molecule has 146 valence electrons. The van der Waals surface area contributed by atoms with Crippen molar-refractivity contribution in [2.24, 2.45) is 0 Å². The Balaban J connectivity index is 1.62. The Morgan fingerprint density at radius 1 is 1.14 bits per heavy atom. The third kappa shape index (κ3) is 3.66. The SMILES string of the molecule is Cc1cccc(C)c1NC(=O)Cn1cnc2c(-c3ccc(F)cc3)nsc2c1=O. The molecule has 0 fully saturated rings. The lowest BCUT2D eigenvalue weighted by atomic mass is 10.1. The van der Waals surface area contributed by atoms with E-state index in [0.29, 0.717) is 21.5 Å². The van der Waals surface area contributed by atoms with Crippen molar-refractivity contribution in [3.8, 4) is 11.3 Å². The molecule has 2 aromatic carbocycles. The van der Waals surface area contributed by atoms with Crippen molar-refractivity contribution in [1.82, 2.24) is 13.9 Å². The zero-order valence-corrected chi connectivity index (χ0v) is 16.6. The van der Waals surface area contributed by atoms with Gasteiger partial charge >= 0.3 is 0 Å². The largest absolute Gasteiger partial charge is 0.324 e. The van der Waals surface area contributed by atoms with Gasteiger partial charge < -0.3 is 5.32 Å². The van der Waals surface area contributed by atoms with Gasteiger partial charge in [0.05, 0.1) is 6.33 Å². The number of rotatable bonds is 4. The van der Waals surface area contributed by atoms with Crippen LogP contribution in [0, 0.1) is 19.7 Å². The van der Waals surface area contributed by atoms with E-state index in [1.807, 2.05) is 32.0 Å². The number of aromatic nitrogens is 3. The summed E-state index contributed by atoms with van der Waals surface area (Å²) in [5, 5.41) is 2.86. The predicted octanol–water partition coefficient (Wildman–Crippen LogP) is 3.91. The van der Waals surface area contributed by atoms with Crippen LogP contribution < -0.4 is 10.9 Å². The molecule has 6 nitrogen and oxygen atoms in total. The van der Waals surface area contributed by atoms with E-state index in [9.17, 15) is 14.0 Å². The van der Waals surface area contributed by atoms with Crippen molar-refractivity contribution in [1.29, 1.82) is 0 Å². The summed E-state index contributed by atoms with van der Waals surface area (Å²) in [5.41, 5.74) is 3.95. The highest BCUT2D eigenvalue weighted by atomic mass is 32.1. The summed E-state index contributed by atoms with van der Waals surface area (Å²) in [4.78, 5) is 29.6. The molecule has 2 aromatic heterocycles. The van der Waals surface area contributed by atoms with Crippen molar-refractivity contribution in [3.63, 3.8) is 0 Å². The summed E-state index contributed by atoms with van der Waals surface area (Å²) >= 11 is 1.02. The van der Waals surface area contributed by atoms with Gasteiger partial charge in [-0.25, -0.2) is 9.37 Å². The van der Waals surface area contributed by atoms with E-state index in [4.69, 9.17) is 0 Å². The maximum absolute atomic E-state index is 13.2. The second-order valence-corrected chi connectivity index (χ2v) is 7.48. The Labute approximate surface area is 169 Å². The minimum absolute atomic E-state index is 0.153. The molecule has 0 atom stereocenters. The van der Waals surface area contributed by atoms with Crippen molar-refractivity contribution in [2.45, 2.75) is 20.4 Å². The fourth-order valence-electron chi connectivity index (χ4n) is 3.11. The minimum atomic E-state index is -0.349. The van der Waals surface area contributed by atoms with Crippen molar-refractivity contribution < 1.29 is 9.18 Å². The summed E-state index contributed by atoms with van der Waals surface area (Å²) in [7, 11) is 0. The van der Waals surface area contributed by atoms with Crippen LogP contribution in [0.1, 0.15) is 11.1 Å². The van der Waals surface area contributed by atoms with Gasteiger partial charge in [0.2, 0.25) is 5.91 Å². The standard InChI is InChI=1S/C21H17FN4O2S/c1-12-4-3-5-13(2)17(12)24-16(27)10-26-11-23-19-18(25-29-20(19)21(26)28)14-6-8-15(22)9-7-14/h3-9,11H,10H2,1-2H3,(H,24,27). The molecule has 0 saturated carbocycles. The molecule has 0 radical (unpaired) electrons. The highest BCUT2D eigenvalue weighted by Gasteiger charge is 2.16. The zero-order chi connectivity index (χ0) is 20.5. The number of carbonyl (C=O) groups is 1. The molecule has 0 aliphatic rings. The van der Waals surface area contributed by atoms with Crippen LogP contribution in [0.25, 0.3) is 21.5 Å². The first-order valence-corrected chi connectivity index (χ1v) is 9.68. The summed E-state index contributed by atoms with van der Waals surface area (Å²) < 4.78 is 19.1. The van der Waals surface area contributed by atoms with Crippen LogP contribution in [-0.4, -0.2) is 19.8 Å². The van der Waals surface area contributed by atoms with Gasteiger partial charge in [-0.2, -0.15) is 4.37 Å². The highest BCUT2D eigenvalue weighted by Crippen LogP contribution is 2.27. The highest BCUT2D eigenvalue weighted by molar-refractivity contribution is 7.13. The number of hydrogen-bond acceptors (Lipinski definition) is 5. The quantitative estimate of drug-likeness (QED) is 0.555. The Morgan fingerprint density at radius 3 is 2.52 bits per heavy atom. The van der Waals surface area contributed by atoms with Crippen LogP contribution in [-0.2, 0) is 11.3 Å². The molecule has 4 rings (SSSR count). The lowest BCUT2D eigenvalue weighted by Gasteiger charge is -2.12. The average molecular weight is 408 g/mol. The molecule has 2 heterocycles. The molecule has 0 unspecified atom stereocenters. The number of amides is 1. The summed E-state index contributed by atoms with van der Waals surface area (Å²) in [6, 6.07) is 11.6. The smallest absolute Gasteiger partial charge is 0.273 e.